The van der Waals surface area contributed by atoms with Crippen LogP contribution in [0.2, 0.25) is 0 Å². The number of phenols is 1. The van der Waals surface area contributed by atoms with Crippen molar-refractivity contribution in [2.24, 2.45) is 0 Å². The Morgan fingerprint density at radius 1 is 1.24 bits per heavy atom. The molecule has 1 fully saturated rings. The average molecular weight is 348 g/mol. The number of ether oxygens (including phenoxy) is 1. The van der Waals surface area contributed by atoms with Gasteiger partial charge < -0.3 is 19.4 Å². The summed E-state index contributed by atoms with van der Waals surface area (Å²) < 4.78 is 11.1. The molecule has 0 atom stereocenters. The third-order valence-electron chi connectivity index (χ3n) is 4.47. The van der Waals surface area contributed by atoms with Crippen LogP contribution in [0.5, 0.6) is 5.75 Å². The number of rotatable bonds is 6. The lowest BCUT2D eigenvalue weighted by Crippen LogP contribution is -2.46. The van der Waals surface area contributed by atoms with Gasteiger partial charge in [-0.15, -0.1) is 0 Å². The van der Waals surface area contributed by atoms with E-state index < -0.39 is 5.97 Å². The van der Waals surface area contributed by atoms with E-state index in [-0.39, 0.29) is 19.0 Å². The highest BCUT2D eigenvalue weighted by Crippen LogP contribution is 2.30. The van der Waals surface area contributed by atoms with E-state index in [4.69, 9.17) is 14.3 Å². The molecule has 2 aromatic rings. The Hall–Kier alpha value is -2.09. The van der Waals surface area contributed by atoms with E-state index in [0.717, 1.165) is 26.2 Å². The number of piperazine rings is 1. The second-order valence-corrected chi connectivity index (χ2v) is 6.14. The highest BCUT2D eigenvalue weighted by molar-refractivity contribution is 6.04. The smallest absolute Gasteiger partial charge is 0.342 e. The molecule has 2 N–H and O–H groups in total. The van der Waals surface area contributed by atoms with Gasteiger partial charge in [-0.3, -0.25) is 9.80 Å². The minimum absolute atomic E-state index is 0.0861. The number of β-amino-alcohol motifs (C(OH)–C–C–N with tert-alkyl or cyclic N) is 1. The van der Waals surface area contributed by atoms with Gasteiger partial charge in [-0.25, -0.2) is 4.79 Å². The zero-order valence-electron chi connectivity index (χ0n) is 14.4. The second-order valence-electron chi connectivity index (χ2n) is 6.14. The first kappa shape index (κ1) is 17.7. The zero-order valence-corrected chi connectivity index (χ0v) is 14.4. The summed E-state index contributed by atoms with van der Waals surface area (Å²) in [5.41, 5.74) is 0.959. The average Bonchev–Trinajstić information content (AvgIpc) is 2.94. The third kappa shape index (κ3) is 3.95. The SMILES string of the molecule is CCOC(=O)c1c(CN2CCN(CCO)CC2)oc2ccc(O)cc12. The molecule has 25 heavy (non-hydrogen) atoms. The van der Waals surface area contributed by atoms with Crippen LogP contribution in [0.15, 0.2) is 22.6 Å². The van der Waals surface area contributed by atoms with Crippen LogP contribution in [0.3, 0.4) is 0 Å². The summed E-state index contributed by atoms with van der Waals surface area (Å²) in [6.07, 6.45) is 0. The Bertz CT molecular complexity index is 734. The topological polar surface area (TPSA) is 86.4 Å². The molecule has 0 unspecified atom stereocenters. The van der Waals surface area contributed by atoms with Crippen LogP contribution in [-0.2, 0) is 11.3 Å². The van der Waals surface area contributed by atoms with Gasteiger partial charge in [0.25, 0.3) is 0 Å². The quantitative estimate of drug-likeness (QED) is 0.764. The molecule has 0 radical (unpaired) electrons. The first-order valence-corrected chi connectivity index (χ1v) is 8.59. The normalized spacial score (nSPS) is 16.4. The molecule has 2 heterocycles. The van der Waals surface area contributed by atoms with E-state index >= 15 is 0 Å². The molecule has 1 aliphatic rings. The number of hydrogen-bond donors (Lipinski definition) is 2. The highest BCUT2D eigenvalue weighted by Gasteiger charge is 2.25. The van der Waals surface area contributed by atoms with Gasteiger partial charge in [-0.05, 0) is 25.1 Å². The number of fused-ring (bicyclic) bond motifs is 1. The molecule has 0 spiro atoms. The maximum atomic E-state index is 12.4. The van der Waals surface area contributed by atoms with Crippen molar-refractivity contribution < 1.29 is 24.2 Å². The second kappa shape index (κ2) is 7.86. The highest BCUT2D eigenvalue weighted by atomic mass is 16.5. The molecule has 0 aliphatic carbocycles. The van der Waals surface area contributed by atoms with E-state index in [2.05, 4.69) is 9.80 Å². The fraction of sp³-hybridized carbons (Fsp3) is 0.500. The van der Waals surface area contributed by atoms with Gasteiger partial charge in [0.2, 0.25) is 0 Å². The number of carbonyl (C=O) groups excluding carboxylic acids is 1. The summed E-state index contributed by atoms with van der Waals surface area (Å²) >= 11 is 0. The summed E-state index contributed by atoms with van der Waals surface area (Å²) in [7, 11) is 0. The molecule has 0 amide bonds. The number of benzene rings is 1. The van der Waals surface area contributed by atoms with Crippen LogP contribution in [0, 0.1) is 0 Å². The molecular formula is C18H24N2O5. The molecule has 7 nitrogen and oxygen atoms in total. The molecule has 0 bridgehead atoms. The summed E-state index contributed by atoms with van der Waals surface area (Å²) in [6.45, 7) is 6.82. The number of hydrogen-bond acceptors (Lipinski definition) is 7. The van der Waals surface area contributed by atoms with Gasteiger partial charge in [0.1, 0.15) is 22.7 Å². The van der Waals surface area contributed by atoms with Crippen LogP contribution in [-0.4, -0.2) is 71.9 Å². The Balaban J connectivity index is 1.83. The predicted octanol–water partition coefficient (Wildman–Crippen LogP) is 1.43. The van der Waals surface area contributed by atoms with E-state index in [1.54, 1.807) is 13.0 Å². The fourth-order valence-corrected chi connectivity index (χ4v) is 3.19. The van der Waals surface area contributed by atoms with Crippen molar-refractivity contribution in [1.29, 1.82) is 0 Å². The number of aliphatic hydroxyl groups excluding tert-OH is 1. The standard InChI is InChI=1S/C18H24N2O5/c1-2-24-18(23)17-14-11-13(22)3-4-15(14)25-16(17)12-20-7-5-19(6-8-20)9-10-21/h3-4,11,21-22H,2,5-10,12H2,1H3. The molecule has 3 rings (SSSR count). The van der Waals surface area contributed by atoms with Gasteiger partial charge in [0.15, 0.2) is 0 Å². The molecule has 1 aromatic carbocycles. The number of aliphatic hydroxyl groups is 1. The molecule has 7 heteroatoms. The lowest BCUT2D eigenvalue weighted by molar-refractivity contribution is 0.0521. The maximum Gasteiger partial charge on any atom is 0.342 e. The van der Waals surface area contributed by atoms with Crippen molar-refractivity contribution in [1.82, 2.24) is 9.80 Å². The van der Waals surface area contributed by atoms with Gasteiger partial charge in [-0.1, -0.05) is 0 Å². The molecule has 1 aliphatic heterocycles. The number of carbonyl (C=O) groups is 1. The Morgan fingerprint density at radius 3 is 2.64 bits per heavy atom. The van der Waals surface area contributed by atoms with Gasteiger partial charge >= 0.3 is 5.97 Å². The minimum atomic E-state index is -0.430. The largest absolute Gasteiger partial charge is 0.508 e. The Morgan fingerprint density at radius 2 is 1.96 bits per heavy atom. The molecule has 1 saturated heterocycles. The first-order chi connectivity index (χ1) is 12.1. The van der Waals surface area contributed by atoms with Crippen molar-refractivity contribution in [3.8, 4) is 5.75 Å². The predicted molar refractivity (Wildman–Crippen MR) is 92.6 cm³/mol. The number of nitrogens with zero attached hydrogens (tertiary/aromatic N) is 2. The van der Waals surface area contributed by atoms with Crippen LogP contribution >= 0.6 is 0 Å². The van der Waals surface area contributed by atoms with Crippen molar-refractivity contribution in [2.45, 2.75) is 13.5 Å². The van der Waals surface area contributed by atoms with Gasteiger partial charge in [-0.2, -0.15) is 0 Å². The van der Waals surface area contributed by atoms with Crippen molar-refractivity contribution in [2.75, 3.05) is 45.9 Å². The maximum absolute atomic E-state index is 12.4. The van der Waals surface area contributed by atoms with Gasteiger partial charge in [0.05, 0.1) is 19.8 Å². The first-order valence-electron chi connectivity index (χ1n) is 8.59. The molecular weight excluding hydrogens is 324 g/mol. The minimum Gasteiger partial charge on any atom is -0.508 e. The van der Waals surface area contributed by atoms with Crippen molar-refractivity contribution in [3.05, 3.63) is 29.5 Å². The van der Waals surface area contributed by atoms with Gasteiger partial charge in [0, 0.05) is 38.1 Å². The Labute approximate surface area is 146 Å². The van der Waals surface area contributed by atoms with Crippen LogP contribution < -0.4 is 0 Å². The van der Waals surface area contributed by atoms with E-state index in [9.17, 15) is 9.90 Å². The monoisotopic (exact) mass is 348 g/mol. The zero-order chi connectivity index (χ0) is 17.8. The summed E-state index contributed by atoms with van der Waals surface area (Å²) in [6, 6.07) is 4.74. The number of furan rings is 1. The number of esters is 1. The fourth-order valence-electron chi connectivity index (χ4n) is 3.19. The Kier molecular flexibility index (Phi) is 5.57. The lowest BCUT2D eigenvalue weighted by Gasteiger charge is -2.33. The molecule has 136 valence electrons. The molecule has 0 saturated carbocycles. The van der Waals surface area contributed by atoms with E-state index in [1.165, 1.54) is 12.1 Å². The van der Waals surface area contributed by atoms with Crippen LogP contribution in [0.1, 0.15) is 23.0 Å². The van der Waals surface area contributed by atoms with E-state index in [0.29, 0.717) is 35.4 Å². The summed E-state index contributed by atoms with van der Waals surface area (Å²) in [5, 5.41) is 19.4. The molecule has 1 aromatic heterocycles. The van der Waals surface area contributed by atoms with Crippen LogP contribution in [0.4, 0.5) is 0 Å². The number of aromatic hydroxyl groups is 1. The summed E-state index contributed by atoms with van der Waals surface area (Å²) in [4.78, 5) is 16.8. The van der Waals surface area contributed by atoms with Crippen molar-refractivity contribution >= 4 is 16.9 Å². The van der Waals surface area contributed by atoms with Crippen molar-refractivity contribution in [3.63, 3.8) is 0 Å². The number of phenolic OH excluding ortho intramolecular Hbond substituents is 1. The summed E-state index contributed by atoms with van der Waals surface area (Å²) in [5.74, 6) is 0.221. The van der Waals surface area contributed by atoms with E-state index in [1.807, 2.05) is 0 Å². The third-order valence-corrected chi connectivity index (χ3v) is 4.47. The lowest BCUT2D eigenvalue weighted by atomic mass is 10.1. The van der Waals surface area contributed by atoms with Crippen LogP contribution in [0.25, 0.3) is 11.0 Å².